The first-order chi connectivity index (χ1) is 7.77. The second-order valence-corrected chi connectivity index (χ2v) is 4.34. The van der Waals surface area contributed by atoms with E-state index in [9.17, 15) is 4.79 Å². The summed E-state index contributed by atoms with van der Waals surface area (Å²) in [6, 6.07) is 8.75. The summed E-state index contributed by atoms with van der Waals surface area (Å²) in [5.74, 6) is -0.290. The molecule has 86 valence electrons. The number of hydrogen-bond acceptors (Lipinski definition) is 2. The molecule has 1 amide bonds. The summed E-state index contributed by atoms with van der Waals surface area (Å²) >= 11 is 0. The smallest absolute Gasteiger partial charge is 0.231 e. The molecule has 0 bridgehead atoms. The van der Waals surface area contributed by atoms with E-state index in [1.54, 1.807) is 0 Å². The van der Waals surface area contributed by atoms with E-state index in [2.05, 4.69) is 29.6 Å². The van der Waals surface area contributed by atoms with E-state index in [0.29, 0.717) is 0 Å². The number of nitrogens with one attached hydrogen (secondary N) is 1. The van der Waals surface area contributed by atoms with Crippen LogP contribution in [0.2, 0.25) is 0 Å². The Kier molecular flexibility index (Phi) is 3.57. The second-order valence-electron chi connectivity index (χ2n) is 4.34. The van der Waals surface area contributed by atoms with Crippen molar-refractivity contribution < 1.29 is 4.79 Å². The van der Waals surface area contributed by atoms with Crippen molar-refractivity contribution in [3.05, 3.63) is 35.4 Å². The number of rotatable bonds is 3. The average Bonchev–Trinajstić information content (AvgIpc) is 2.48. The summed E-state index contributed by atoms with van der Waals surface area (Å²) in [6.45, 7) is 0.263. The van der Waals surface area contributed by atoms with Gasteiger partial charge in [0.1, 0.15) is 0 Å². The van der Waals surface area contributed by atoms with E-state index in [4.69, 9.17) is 5.73 Å². The van der Waals surface area contributed by atoms with Crippen molar-refractivity contribution in [2.45, 2.75) is 31.7 Å². The lowest BCUT2D eigenvalue weighted by Crippen LogP contribution is -2.31. The van der Waals surface area contributed by atoms with Crippen LogP contribution in [0.15, 0.2) is 24.3 Å². The minimum atomic E-state index is -0.290. The van der Waals surface area contributed by atoms with Gasteiger partial charge in [0, 0.05) is 6.04 Å². The summed E-state index contributed by atoms with van der Waals surface area (Å²) in [5.41, 5.74) is 7.91. The fourth-order valence-corrected chi connectivity index (χ4v) is 2.36. The molecule has 0 saturated carbocycles. The zero-order valence-electron chi connectivity index (χ0n) is 9.41. The first-order valence-electron chi connectivity index (χ1n) is 5.87. The van der Waals surface area contributed by atoms with Gasteiger partial charge in [0.05, 0.1) is 6.54 Å². The van der Waals surface area contributed by atoms with Gasteiger partial charge in [0.2, 0.25) is 5.91 Å². The highest BCUT2D eigenvalue weighted by Gasteiger charge is 2.17. The Balaban J connectivity index is 2.15. The molecule has 1 aliphatic carbocycles. The highest BCUT2D eigenvalue weighted by atomic mass is 16.1. The average molecular weight is 218 g/mol. The third-order valence-corrected chi connectivity index (χ3v) is 3.14. The molecular formula is C13H18N2O. The van der Waals surface area contributed by atoms with Crippen LogP contribution < -0.4 is 11.1 Å². The van der Waals surface area contributed by atoms with Crippen LogP contribution in [0, 0.1) is 0 Å². The Morgan fingerprint density at radius 2 is 2.19 bits per heavy atom. The number of nitrogens with two attached hydrogens (primary N) is 1. The van der Waals surface area contributed by atoms with Crippen molar-refractivity contribution in [3.63, 3.8) is 0 Å². The number of fused-ring (bicyclic) bond motifs is 1. The predicted octanol–water partition coefficient (Wildman–Crippen LogP) is 1.53. The number of aryl methyl sites for hydroxylation is 1. The SMILES string of the molecule is NC(=O)CNC1CCCCc2ccccc21. The first kappa shape index (κ1) is 11.1. The molecule has 0 heterocycles. The third-order valence-electron chi connectivity index (χ3n) is 3.14. The Morgan fingerprint density at radius 3 is 3.00 bits per heavy atom. The number of primary amides is 1. The lowest BCUT2D eigenvalue weighted by molar-refractivity contribution is -0.117. The van der Waals surface area contributed by atoms with Gasteiger partial charge in [-0.2, -0.15) is 0 Å². The molecule has 0 fully saturated rings. The molecule has 16 heavy (non-hydrogen) atoms. The zero-order chi connectivity index (χ0) is 11.4. The van der Waals surface area contributed by atoms with Crippen LogP contribution in [0.3, 0.4) is 0 Å². The van der Waals surface area contributed by atoms with Gasteiger partial charge in [-0.25, -0.2) is 0 Å². The van der Waals surface area contributed by atoms with Gasteiger partial charge >= 0.3 is 0 Å². The van der Waals surface area contributed by atoms with E-state index >= 15 is 0 Å². The molecule has 1 aromatic rings. The van der Waals surface area contributed by atoms with Gasteiger partial charge in [-0.1, -0.05) is 30.7 Å². The van der Waals surface area contributed by atoms with Crippen molar-refractivity contribution >= 4 is 5.91 Å². The maximum Gasteiger partial charge on any atom is 0.231 e. The molecule has 3 N–H and O–H groups in total. The van der Waals surface area contributed by atoms with Crippen LogP contribution in [0.1, 0.15) is 36.4 Å². The quantitative estimate of drug-likeness (QED) is 0.756. The van der Waals surface area contributed by atoms with Crippen molar-refractivity contribution in [2.24, 2.45) is 5.73 Å². The number of hydrogen-bond donors (Lipinski definition) is 2. The van der Waals surface area contributed by atoms with E-state index < -0.39 is 0 Å². The Morgan fingerprint density at radius 1 is 1.38 bits per heavy atom. The van der Waals surface area contributed by atoms with Gasteiger partial charge in [-0.3, -0.25) is 4.79 Å². The molecule has 3 heteroatoms. The number of carbonyl (C=O) groups is 1. The Labute approximate surface area is 96.0 Å². The molecule has 1 aromatic carbocycles. The van der Waals surface area contributed by atoms with Gasteiger partial charge in [-0.15, -0.1) is 0 Å². The highest BCUT2D eigenvalue weighted by molar-refractivity contribution is 5.75. The van der Waals surface area contributed by atoms with Crippen LogP contribution in [0.25, 0.3) is 0 Å². The zero-order valence-corrected chi connectivity index (χ0v) is 9.41. The molecular weight excluding hydrogens is 200 g/mol. The van der Waals surface area contributed by atoms with Crippen LogP contribution in [0.4, 0.5) is 0 Å². The lowest BCUT2D eigenvalue weighted by atomic mass is 9.99. The Bertz CT molecular complexity index is 376. The number of benzene rings is 1. The third kappa shape index (κ3) is 2.61. The molecule has 1 unspecified atom stereocenters. The summed E-state index contributed by atoms with van der Waals surface area (Å²) in [4.78, 5) is 10.8. The second kappa shape index (κ2) is 5.12. The Hall–Kier alpha value is -1.35. The minimum Gasteiger partial charge on any atom is -0.369 e. The molecule has 1 aliphatic rings. The maximum absolute atomic E-state index is 10.8. The van der Waals surface area contributed by atoms with E-state index in [1.807, 2.05) is 0 Å². The van der Waals surface area contributed by atoms with Crippen LogP contribution in [0.5, 0.6) is 0 Å². The summed E-state index contributed by atoms with van der Waals surface area (Å²) in [7, 11) is 0. The molecule has 0 saturated heterocycles. The summed E-state index contributed by atoms with van der Waals surface area (Å²) in [6.07, 6.45) is 4.66. The molecule has 0 radical (unpaired) electrons. The molecule has 3 nitrogen and oxygen atoms in total. The number of amides is 1. The predicted molar refractivity (Wildman–Crippen MR) is 63.9 cm³/mol. The van der Waals surface area contributed by atoms with Gasteiger partial charge < -0.3 is 11.1 Å². The molecule has 0 aliphatic heterocycles. The molecule has 2 rings (SSSR count). The van der Waals surface area contributed by atoms with Crippen molar-refractivity contribution in [1.29, 1.82) is 0 Å². The largest absolute Gasteiger partial charge is 0.369 e. The van der Waals surface area contributed by atoms with E-state index in [1.165, 1.54) is 24.0 Å². The fraction of sp³-hybridized carbons (Fsp3) is 0.462. The minimum absolute atomic E-state index is 0.263. The monoisotopic (exact) mass is 218 g/mol. The van der Waals surface area contributed by atoms with Crippen molar-refractivity contribution in [1.82, 2.24) is 5.32 Å². The fourth-order valence-electron chi connectivity index (χ4n) is 2.36. The summed E-state index contributed by atoms with van der Waals surface area (Å²) < 4.78 is 0. The van der Waals surface area contributed by atoms with Crippen LogP contribution >= 0.6 is 0 Å². The van der Waals surface area contributed by atoms with E-state index in [0.717, 1.165) is 12.8 Å². The molecule has 0 aromatic heterocycles. The van der Waals surface area contributed by atoms with E-state index in [-0.39, 0.29) is 18.5 Å². The van der Waals surface area contributed by atoms with Gasteiger partial charge in [0.15, 0.2) is 0 Å². The van der Waals surface area contributed by atoms with Gasteiger partial charge in [-0.05, 0) is 30.4 Å². The lowest BCUT2D eigenvalue weighted by Gasteiger charge is -2.18. The summed E-state index contributed by atoms with van der Waals surface area (Å²) in [5, 5.41) is 3.24. The normalized spacial score (nSPS) is 19.9. The van der Waals surface area contributed by atoms with Crippen LogP contribution in [-0.2, 0) is 11.2 Å². The van der Waals surface area contributed by atoms with Crippen molar-refractivity contribution in [2.75, 3.05) is 6.54 Å². The standard InChI is InChI=1S/C13H18N2O/c14-13(16)9-15-12-8-4-2-6-10-5-1-3-7-11(10)12/h1,3,5,7,12,15H,2,4,6,8-9H2,(H2,14,16). The van der Waals surface area contributed by atoms with Gasteiger partial charge in [0.25, 0.3) is 0 Å². The molecule has 0 spiro atoms. The topological polar surface area (TPSA) is 55.1 Å². The highest BCUT2D eigenvalue weighted by Crippen LogP contribution is 2.28. The number of carbonyl (C=O) groups excluding carboxylic acids is 1. The molecule has 1 atom stereocenters. The van der Waals surface area contributed by atoms with Crippen LogP contribution in [-0.4, -0.2) is 12.5 Å². The maximum atomic E-state index is 10.8. The van der Waals surface area contributed by atoms with Crippen molar-refractivity contribution in [3.8, 4) is 0 Å². The first-order valence-corrected chi connectivity index (χ1v) is 5.87.